The molecule has 0 saturated heterocycles. The first-order valence-corrected chi connectivity index (χ1v) is 5.32. The van der Waals surface area contributed by atoms with E-state index in [1.165, 1.54) is 5.56 Å². The Labute approximate surface area is 92.3 Å². The second-order valence-electron chi connectivity index (χ2n) is 4.22. The Morgan fingerprint density at radius 1 is 1.40 bits per heavy atom. The molecule has 0 spiro atoms. The van der Waals surface area contributed by atoms with Crippen LogP contribution in [0.4, 0.5) is 5.69 Å². The minimum Gasteiger partial charge on any atom is -0.381 e. The molecule has 1 aromatic carbocycles. The average molecular weight is 207 g/mol. The molecule has 15 heavy (non-hydrogen) atoms. The molecule has 1 unspecified atom stereocenters. The number of anilines is 1. The lowest BCUT2D eigenvalue weighted by molar-refractivity contribution is 0.402. The highest BCUT2D eigenvalue weighted by molar-refractivity contribution is 5.46. The Bertz CT molecular complexity index is 297. The number of benzene rings is 1. The molecule has 1 atom stereocenters. The van der Waals surface area contributed by atoms with Crippen LogP contribution in [0.1, 0.15) is 12.5 Å². The molecule has 0 aliphatic carbocycles. The summed E-state index contributed by atoms with van der Waals surface area (Å²) in [6, 6.07) is 8.78. The van der Waals surface area contributed by atoms with E-state index in [-0.39, 0.29) is 0 Å². The molecule has 0 fully saturated rings. The lowest BCUT2D eigenvalue weighted by atomic mass is 10.2. The number of nitrogens with zero attached hydrogens (tertiary/aromatic N) is 1. The van der Waals surface area contributed by atoms with E-state index in [1.807, 2.05) is 0 Å². The van der Waals surface area contributed by atoms with Crippen LogP contribution in [0.3, 0.4) is 0 Å². The van der Waals surface area contributed by atoms with E-state index < -0.39 is 0 Å². The highest BCUT2D eigenvalue weighted by atomic mass is 15.0. The van der Waals surface area contributed by atoms with Gasteiger partial charge in [-0.3, -0.25) is 0 Å². The Morgan fingerprint density at radius 2 is 2.13 bits per heavy atom. The predicted octanol–water partition coefficient (Wildman–Crippen LogP) is 1.51. The van der Waals surface area contributed by atoms with Crippen LogP contribution in [-0.2, 0) is 6.54 Å². The van der Waals surface area contributed by atoms with E-state index in [4.69, 9.17) is 5.73 Å². The number of hydrogen-bond donors (Lipinski definition) is 2. The van der Waals surface area contributed by atoms with Crippen LogP contribution in [0.15, 0.2) is 24.3 Å². The van der Waals surface area contributed by atoms with Gasteiger partial charge in [0, 0.05) is 24.8 Å². The maximum absolute atomic E-state index is 5.57. The smallest absolute Gasteiger partial charge is 0.0355 e. The second kappa shape index (κ2) is 5.73. The Hall–Kier alpha value is -1.06. The standard InChI is InChI=1S/C12H21N3/c1-10(8-13)14-12-6-4-5-11(7-12)9-15(2)3/h4-7,10,14H,8-9,13H2,1-3H3. The Kier molecular flexibility index (Phi) is 4.59. The van der Waals surface area contributed by atoms with Crippen molar-refractivity contribution in [1.82, 2.24) is 4.90 Å². The van der Waals surface area contributed by atoms with E-state index in [0.29, 0.717) is 12.6 Å². The normalized spacial score (nSPS) is 12.9. The Balaban J connectivity index is 2.65. The molecule has 84 valence electrons. The molecule has 0 bridgehead atoms. The van der Waals surface area contributed by atoms with Crippen LogP contribution in [0.25, 0.3) is 0 Å². The minimum absolute atomic E-state index is 0.319. The highest BCUT2D eigenvalue weighted by Gasteiger charge is 2.00. The van der Waals surface area contributed by atoms with Crippen molar-refractivity contribution < 1.29 is 0 Å². The summed E-state index contributed by atoms with van der Waals surface area (Å²) in [5, 5.41) is 3.36. The number of nitrogens with two attached hydrogens (primary N) is 1. The molecular formula is C12H21N3. The maximum Gasteiger partial charge on any atom is 0.0355 e. The molecule has 0 aliphatic rings. The van der Waals surface area contributed by atoms with Gasteiger partial charge in [0.15, 0.2) is 0 Å². The largest absolute Gasteiger partial charge is 0.381 e. The quantitative estimate of drug-likeness (QED) is 0.769. The topological polar surface area (TPSA) is 41.3 Å². The van der Waals surface area contributed by atoms with Crippen LogP contribution in [0, 0.1) is 0 Å². The molecule has 0 amide bonds. The first-order valence-electron chi connectivity index (χ1n) is 5.32. The fraction of sp³-hybridized carbons (Fsp3) is 0.500. The zero-order chi connectivity index (χ0) is 11.3. The van der Waals surface area contributed by atoms with E-state index in [2.05, 4.69) is 55.5 Å². The second-order valence-corrected chi connectivity index (χ2v) is 4.22. The maximum atomic E-state index is 5.57. The molecule has 0 aliphatic heterocycles. The molecule has 1 rings (SSSR count). The van der Waals surface area contributed by atoms with E-state index in [0.717, 1.165) is 12.2 Å². The zero-order valence-corrected chi connectivity index (χ0v) is 9.83. The minimum atomic E-state index is 0.319. The molecule has 3 nitrogen and oxygen atoms in total. The van der Waals surface area contributed by atoms with Crippen molar-refractivity contribution >= 4 is 5.69 Å². The third kappa shape index (κ3) is 4.32. The van der Waals surface area contributed by atoms with Crippen molar-refractivity contribution in [2.75, 3.05) is 26.0 Å². The molecule has 0 heterocycles. The zero-order valence-electron chi connectivity index (χ0n) is 9.83. The van der Waals surface area contributed by atoms with Crippen molar-refractivity contribution in [2.45, 2.75) is 19.5 Å². The summed E-state index contributed by atoms with van der Waals surface area (Å²) in [6.07, 6.45) is 0. The van der Waals surface area contributed by atoms with E-state index in [9.17, 15) is 0 Å². The van der Waals surface area contributed by atoms with Crippen LogP contribution >= 0.6 is 0 Å². The fourth-order valence-corrected chi connectivity index (χ4v) is 1.47. The van der Waals surface area contributed by atoms with Gasteiger partial charge in [0.1, 0.15) is 0 Å². The van der Waals surface area contributed by atoms with E-state index in [1.54, 1.807) is 0 Å². The van der Waals surface area contributed by atoms with Crippen LogP contribution < -0.4 is 11.1 Å². The van der Waals surface area contributed by atoms with Gasteiger partial charge in [0.05, 0.1) is 0 Å². The lowest BCUT2D eigenvalue weighted by Gasteiger charge is -2.15. The third-order valence-electron chi connectivity index (χ3n) is 2.19. The summed E-state index contributed by atoms with van der Waals surface area (Å²) < 4.78 is 0. The van der Waals surface area contributed by atoms with Gasteiger partial charge in [-0.2, -0.15) is 0 Å². The highest BCUT2D eigenvalue weighted by Crippen LogP contribution is 2.12. The van der Waals surface area contributed by atoms with Gasteiger partial charge in [-0.05, 0) is 38.7 Å². The van der Waals surface area contributed by atoms with Crippen LogP contribution in [0.5, 0.6) is 0 Å². The van der Waals surface area contributed by atoms with Gasteiger partial charge in [-0.25, -0.2) is 0 Å². The first-order chi connectivity index (χ1) is 7.11. The summed E-state index contributed by atoms with van der Waals surface area (Å²) in [5.41, 5.74) is 8.03. The van der Waals surface area contributed by atoms with Gasteiger partial charge in [-0.1, -0.05) is 12.1 Å². The van der Waals surface area contributed by atoms with Gasteiger partial charge < -0.3 is 16.0 Å². The summed E-state index contributed by atoms with van der Waals surface area (Å²) in [5.74, 6) is 0. The van der Waals surface area contributed by atoms with Crippen molar-refractivity contribution in [3.63, 3.8) is 0 Å². The number of rotatable bonds is 5. The summed E-state index contributed by atoms with van der Waals surface area (Å²) >= 11 is 0. The number of nitrogens with one attached hydrogen (secondary N) is 1. The lowest BCUT2D eigenvalue weighted by Crippen LogP contribution is -2.25. The Morgan fingerprint density at radius 3 is 2.73 bits per heavy atom. The van der Waals surface area contributed by atoms with Crippen molar-refractivity contribution in [3.8, 4) is 0 Å². The SMILES string of the molecule is CC(CN)Nc1cccc(CN(C)C)c1. The van der Waals surface area contributed by atoms with Crippen LogP contribution in [-0.4, -0.2) is 31.6 Å². The molecule has 0 aromatic heterocycles. The van der Waals surface area contributed by atoms with Gasteiger partial charge >= 0.3 is 0 Å². The fourth-order valence-electron chi connectivity index (χ4n) is 1.47. The summed E-state index contributed by atoms with van der Waals surface area (Å²) in [4.78, 5) is 2.16. The summed E-state index contributed by atoms with van der Waals surface area (Å²) in [7, 11) is 4.14. The number of hydrogen-bond acceptors (Lipinski definition) is 3. The van der Waals surface area contributed by atoms with Crippen LogP contribution in [0.2, 0.25) is 0 Å². The first kappa shape index (κ1) is 12.0. The molecule has 0 radical (unpaired) electrons. The van der Waals surface area contributed by atoms with Gasteiger partial charge in [0.2, 0.25) is 0 Å². The molecule has 0 saturated carbocycles. The monoisotopic (exact) mass is 207 g/mol. The molecule has 3 heteroatoms. The predicted molar refractivity (Wildman–Crippen MR) is 66.0 cm³/mol. The third-order valence-corrected chi connectivity index (χ3v) is 2.19. The van der Waals surface area contributed by atoms with Crippen molar-refractivity contribution in [3.05, 3.63) is 29.8 Å². The van der Waals surface area contributed by atoms with E-state index >= 15 is 0 Å². The average Bonchev–Trinajstić information content (AvgIpc) is 2.17. The molecule has 3 N–H and O–H groups in total. The van der Waals surface area contributed by atoms with Crippen molar-refractivity contribution in [2.24, 2.45) is 5.73 Å². The van der Waals surface area contributed by atoms with Gasteiger partial charge in [0.25, 0.3) is 0 Å². The summed E-state index contributed by atoms with van der Waals surface area (Å²) in [6.45, 7) is 3.70. The molecule has 1 aromatic rings. The van der Waals surface area contributed by atoms with Crippen molar-refractivity contribution in [1.29, 1.82) is 0 Å². The molecular weight excluding hydrogens is 186 g/mol. The van der Waals surface area contributed by atoms with Gasteiger partial charge in [-0.15, -0.1) is 0 Å².